The second-order valence-electron chi connectivity index (χ2n) is 5.73. The van der Waals surface area contributed by atoms with Gasteiger partial charge in [-0.2, -0.15) is 0 Å². The summed E-state index contributed by atoms with van der Waals surface area (Å²) in [7, 11) is 0.552. The number of likely N-dealkylation sites (N-methyl/N-ethyl adjacent to an activating group) is 1. The van der Waals surface area contributed by atoms with Crippen molar-refractivity contribution in [1.82, 2.24) is 0 Å². The van der Waals surface area contributed by atoms with Crippen molar-refractivity contribution in [2.75, 3.05) is 32.2 Å². The maximum Gasteiger partial charge on any atom is 0.293 e. The number of anilines is 1. The van der Waals surface area contributed by atoms with Gasteiger partial charge in [0.1, 0.15) is 11.7 Å². The third-order valence-electron chi connectivity index (χ3n) is 3.67. The SMILES string of the molecule is C[NH+](C)[C@@H](CNc1ccc(S(C)(=O)=O)cc1[N+](=O)[O-])c1cccs1. The molecule has 0 aliphatic rings. The molecule has 1 heterocycles. The van der Waals surface area contributed by atoms with Crippen molar-refractivity contribution in [3.63, 3.8) is 0 Å². The topological polar surface area (TPSA) is 93.8 Å². The van der Waals surface area contributed by atoms with E-state index in [0.717, 1.165) is 12.3 Å². The fourth-order valence-corrected chi connectivity index (χ4v) is 3.93. The summed E-state index contributed by atoms with van der Waals surface area (Å²) in [6, 6.07) is 8.07. The minimum Gasteiger partial charge on any atom is -0.373 e. The summed E-state index contributed by atoms with van der Waals surface area (Å²) in [5, 5.41) is 16.4. The van der Waals surface area contributed by atoms with Gasteiger partial charge in [-0.25, -0.2) is 8.42 Å². The Morgan fingerprint density at radius 1 is 1.33 bits per heavy atom. The van der Waals surface area contributed by atoms with Crippen molar-refractivity contribution < 1.29 is 18.2 Å². The predicted octanol–water partition coefficient (Wildman–Crippen LogP) is 1.36. The highest BCUT2D eigenvalue weighted by Gasteiger charge is 2.22. The first-order valence-corrected chi connectivity index (χ1v) is 10.0. The number of hydrogen-bond acceptors (Lipinski definition) is 6. The zero-order chi connectivity index (χ0) is 17.9. The molecule has 2 N–H and O–H groups in total. The van der Waals surface area contributed by atoms with Gasteiger partial charge in [0, 0.05) is 12.3 Å². The van der Waals surface area contributed by atoms with Gasteiger partial charge in [0.25, 0.3) is 5.69 Å². The number of hydrogen-bond donors (Lipinski definition) is 2. The summed E-state index contributed by atoms with van der Waals surface area (Å²) in [5.41, 5.74) is 0.0758. The summed E-state index contributed by atoms with van der Waals surface area (Å²) in [6.45, 7) is 0.502. The number of sulfone groups is 1. The number of thiophene rings is 1. The normalized spacial score (nSPS) is 13.0. The fourth-order valence-electron chi connectivity index (χ4n) is 2.33. The van der Waals surface area contributed by atoms with Crippen molar-refractivity contribution >= 4 is 32.5 Å². The standard InChI is InChI=1S/C15H19N3O4S2/c1-17(2)14(15-5-4-8-23-15)10-16-12-7-6-11(24(3,21)22)9-13(12)18(19)20/h4-9,14,16H,10H2,1-3H3/p+1/t14-/m0/s1. The molecule has 1 aromatic heterocycles. The maximum absolute atomic E-state index is 11.6. The average Bonchev–Trinajstić information content (AvgIpc) is 3.00. The van der Waals surface area contributed by atoms with Crippen LogP contribution >= 0.6 is 11.3 Å². The van der Waals surface area contributed by atoms with Crippen molar-refractivity contribution in [2.24, 2.45) is 0 Å². The highest BCUT2D eigenvalue weighted by atomic mass is 32.2. The predicted molar refractivity (Wildman–Crippen MR) is 94.6 cm³/mol. The fraction of sp³-hybridized carbons (Fsp3) is 0.333. The first-order valence-electron chi connectivity index (χ1n) is 7.26. The molecule has 9 heteroatoms. The zero-order valence-electron chi connectivity index (χ0n) is 13.6. The average molecular weight is 370 g/mol. The molecule has 7 nitrogen and oxygen atoms in total. The molecule has 0 saturated carbocycles. The van der Waals surface area contributed by atoms with Crippen LogP contribution in [0, 0.1) is 10.1 Å². The molecule has 0 aliphatic heterocycles. The summed E-state index contributed by atoms with van der Waals surface area (Å²) in [6.07, 6.45) is 1.03. The molecule has 24 heavy (non-hydrogen) atoms. The van der Waals surface area contributed by atoms with Crippen LogP contribution in [0.15, 0.2) is 40.6 Å². The van der Waals surface area contributed by atoms with Crippen molar-refractivity contribution in [2.45, 2.75) is 10.9 Å². The molecule has 0 radical (unpaired) electrons. The number of nitro groups is 1. The van der Waals surface area contributed by atoms with Crippen LogP contribution in [0.4, 0.5) is 11.4 Å². The van der Waals surface area contributed by atoms with Gasteiger partial charge < -0.3 is 10.2 Å². The van der Waals surface area contributed by atoms with E-state index in [-0.39, 0.29) is 16.6 Å². The van der Waals surface area contributed by atoms with E-state index < -0.39 is 14.8 Å². The lowest BCUT2D eigenvalue weighted by atomic mass is 10.2. The van der Waals surface area contributed by atoms with Crippen LogP contribution in [0.5, 0.6) is 0 Å². The lowest BCUT2D eigenvalue weighted by Crippen LogP contribution is -3.06. The van der Waals surface area contributed by atoms with Gasteiger partial charge in [-0.15, -0.1) is 11.3 Å². The molecule has 0 amide bonds. The summed E-state index contributed by atoms with van der Waals surface area (Å²) in [4.78, 5) is 13.0. The number of rotatable bonds is 7. The second kappa shape index (κ2) is 7.29. The lowest BCUT2D eigenvalue weighted by Gasteiger charge is -2.21. The van der Waals surface area contributed by atoms with Crippen LogP contribution in [0.1, 0.15) is 10.9 Å². The summed E-state index contributed by atoms with van der Waals surface area (Å²) < 4.78 is 23.2. The van der Waals surface area contributed by atoms with Crippen LogP contribution in [-0.4, -0.2) is 40.2 Å². The minimum absolute atomic E-state index is 0.0622. The number of nitrogens with zero attached hydrogens (tertiary/aromatic N) is 1. The van der Waals surface area contributed by atoms with Crippen LogP contribution in [0.25, 0.3) is 0 Å². The molecule has 0 fully saturated rings. The third kappa shape index (κ3) is 4.31. The molecule has 0 unspecified atom stereocenters. The molecule has 0 saturated heterocycles. The van der Waals surface area contributed by atoms with Gasteiger partial charge in [-0.3, -0.25) is 10.1 Å². The van der Waals surface area contributed by atoms with Crippen molar-refractivity contribution in [3.05, 3.63) is 50.7 Å². The molecule has 2 rings (SSSR count). The highest BCUT2D eigenvalue weighted by molar-refractivity contribution is 7.90. The Morgan fingerprint density at radius 2 is 2.04 bits per heavy atom. The van der Waals surface area contributed by atoms with E-state index in [1.807, 2.05) is 31.6 Å². The van der Waals surface area contributed by atoms with E-state index in [2.05, 4.69) is 5.32 Å². The zero-order valence-corrected chi connectivity index (χ0v) is 15.3. The van der Waals surface area contributed by atoms with Gasteiger partial charge in [-0.1, -0.05) is 6.07 Å². The number of benzene rings is 1. The van der Waals surface area contributed by atoms with Crippen LogP contribution in [0.3, 0.4) is 0 Å². The van der Waals surface area contributed by atoms with Crippen LogP contribution < -0.4 is 10.2 Å². The Hall–Kier alpha value is -1.97. The van der Waals surface area contributed by atoms with E-state index >= 15 is 0 Å². The Labute approximate surface area is 145 Å². The van der Waals surface area contributed by atoms with Gasteiger partial charge in [0.15, 0.2) is 9.84 Å². The first-order chi connectivity index (χ1) is 11.2. The highest BCUT2D eigenvalue weighted by Crippen LogP contribution is 2.28. The van der Waals surface area contributed by atoms with E-state index in [4.69, 9.17) is 0 Å². The van der Waals surface area contributed by atoms with Gasteiger partial charge in [0.2, 0.25) is 0 Å². The van der Waals surface area contributed by atoms with E-state index in [0.29, 0.717) is 12.2 Å². The van der Waals surface area contributed by atoms with Crippen molar-refractivity contribution in [3.8, 4) is 0 Å². The Balaban J connectivity index is 2.27. The molecule has 1 aromatic carbocycles. The summed E-state index contributed by atoms with van der Waals surface area (Å²) >= 11 is 1.64. The lowest BCUT2D eigenvalue weighted by molar-refractivity contribution is -0.889. The van der Waals surface area contributed by atoms with Crippen molar-refractivity contribution in [1.29, 1.82) is 0 Å². The Morgan fingerprint density at radius 3 is 2.54 bits per heavy atom. The van der Waals surface area contributed by atoms with Gasteiger partial charge >= 0.3 is 0 Å². The number of nitrogens with one attached hydrogen (secondary N) is 2. The quantitative estimate of drug-likeness (QED) is 0.567. The van der Waals surface area contributed by atoms with E-state index in [1.54, 1.807) is 11.3 Å². The van der Waals surface area contributed by atoms with E-state index in [1.165, 1.54) is 21.9 Å². The first kappa shape index (κ1) is 18.4. The molecule has 130 valence electrons. The van der Waals surface area contributed by atoms with Crippen LogP contribution in [-0.2, 0) is 9.84 Å². The van der Waals surface area contributed by atoms with Gasteiger partial charge in [0.05, 0.1) is 35.3 Å². The van der Waals surface area contributed by atoms with Gasteiger partial charge in [-0.05, 0) is 23.6 Å². The Bertz CT molecular complexity index is 817. The minimum atomic E-state index is -3.49. The molecule has 0 bridgehead atoms. The molecular weight excluding hydrogens is 350 g/mol. The largest absolute Gasteiger partial charge is 0.373 e. The van der Waals surface area contributed by atoms with E-state index in [9.17, 15) is 18.5 Å². The molecule has 0 aliphatic carbocycles. The maximum atomic E-state index is 11.6. The summed E-state index contributed by atoms with van der Waals surface area (Å²) in [5.74, 6) is 0. The van der Waals surface area contributed by atoms with Crippen LogP contribution in [0.2, 0.25) is 0 Å². The molecule has 1 atom stereocenters. The second-order valence-corrected chi connectivity index (χ2v) is 8.73. The molecule has 0 spiro atoms. The molecule has 2 aromatic rings. The number of nitro benzene ring substituents is 1. The third-order valence-corrected chi connectivity index (χ3v) is 5.77. The smallest absolute Gasteiger partial charge is 0.293 e. The monoisotopic (exact) mass is 370 g/mol. The molecular formula is C15H20N3O4S2+. The number of quaternary nitrogens is 1. The Kier molecular flexibility index (Phi) is 5.58.